The van der Waals surface area contributed by atoms with Crippen molar-refractivity contribution in [1.82, 2.24) is 16.0 Å². The monoisotopic (exact) mass is 418 g/mol. The molecule has 0 aliphatic carbocycles. The van der Waals surface area contributed by atoms with E-state index in [0.717, 1.165) is 25.5 Å². The Hall–Kier alpha value is -1.90. The van der Waals surface area contributed by atoms with Gasteiger partial charge in [-0.3, -0.25) is 19.7 Å². The lowest BCUT2D eigenvalue weighted by Crippen LogP contribution is -2.51. The number of carbonyl (C=O) groups excluding carboxylic acids is 2. The topological polar surface area (TPSA) is 113 Å². The number of nitro groups is 1. The summed E-state index contributed by atoms with van der Waals surface area (Å²) in [5.41, 5.74) is -0.109. The molecule has 3 N–H and O–H groups in total. The number of carbonyl (C=O) groups is 2. The third-order valence-corrected chi connectivity index (χ3v) is 4.64. The highest BCUT2D eigenvalue weighted by molar-refractivity contribution is 6.34. The highest BCUT2D eigenvalue weighted by Gasteiger charge is 2.26. The number of halogens is 2. The molecule has 1 heterocycles. The number of hydrogen-bond acceptors (Lipinski definition) is 5. The van der Waals surface area contributed by atoms with Crippen LogP contribution in [0, 0.1) is 16.0 Å². The van der Waals surface area contributed by atoms with Crippen LogP contribution in [-0.4, -0.2) is 41.9 Å². The molecule has 150 valence electrons. The normalized spacial score (nSPS) is 17.1. The number of non-ortho nitro benzene ring substituents is 1. The average Bonchev–Trinajstić information content (AvgIpc) is 3.10. The molecule has 0 bridgehead atoms. The van der Waals surface area contributed by atoms with Gasteiger partial charge in [-0.05, 0) is 31.4 Å². The first-order valence-corrected chi connectivity index (χ1v) is 8.93. The largest absolute Gasteiger partial charge is 0.353 e. The van der Waals surface area contributed by atoms with Crippen LogP contribution in [0.1, 0.15) is 37.0 Å². The Morgan fingerprint density at radius 2 is 2.11 bits per heavy atom. The van der Waals surface area contributed by atoms with E-state index in [1.54, 1.807) is 0 Å². The highest BCUT2D eigenvalue weighted by Crippen LogP contribution is 2.22. The molecule has 2 rings (SSSR count). The SMILES string of the molecule is CC(C)C(NC(=O)c1ccc([N+](=O)[O-])cc1Cl)C(=O)NCC1CCCN1.Cl. The van der Waals surface area contributed by atoms with E-state index in [9.17, 15) is 19.7 Å². The third-order valence-electron chi connectivity index (χ3n) is 4.33. The Kier molecular flexibility index (Phi) is 8.95. The van der Waals surface area contributed by atoms with Gasteiger partial charge in [-0.15, -0.1) is 12.4 Å². The fourth-order valence-corrected chi connectivity index (χ4v) is 3.08. The minimum absolute atomic E-state index is 0. The molecule has 1 aliphatic rings. The Labute approximate surface area is 169 Å². The van der Waals surface area contributed by atoms with Gasteiger partial charge in [0.25, 0.3) is 11.6 Å². The molecule has 2 unspecified atom stereocenters. The summed E-state index contributed by atoms with van der Waals surface area (Å²) in [6, 6.07) is 3.14. The summed E-state index contributed by atoms with van der Waals surface area (Å²) in [5, 5.41) is 19.6. The van der Waals surface area contributed by atoms with Crippen LogP contribution in [0.2, 0.25) is 5.02 Å². The predicted molar refractivity (Wildman–Crippen MR) is 105 cm³/mol. The van der Waals surface area contributed by atoms with Crippen LogP contribution in [0.4, 0.5) is 5.69 Å². The van der Waals surface area contributed by atoms with Gasteiger partial charge in [0.1, 0.15) is 6.04 Å². The number of benzene rings is 1. The minimum Gasteiger partial charge on any atom is -0.353 e. The maximum absolute atomic E-state index is 12.5. The van der Waals surface area contributed by atoms with E-state index in [0.29, 0.717) is 6.54 Å². The second-order valence-electron chi connectivity index (χ2n) is 6.65. The molecule has 0 spiro atoms. The quantitative estimate of drug-likeness (QED) is 0.464. The van der Waals surface area contributed by atoms with Crippen molar-refractivity contribution in [2.45, 2.75) is 38.8 Å². The Bertz CT molecular complexity index is 694. The maximum atomic E-state index is 12.5. The zero-order valence-electron chi connectivity index (χ0n) is 15.2. The first-order valence-electron chi connectivity index (χ1n) is 8.55. The standard InChI is InChI=1S/C17H23ClN4O4.ClH/c1-10(2)15(17(24)20-9-11-4-3-7-19-11)21-16(23)13-6-5-12(22(25)26)8-14(13)18;/h5-6,8,10-11,15,19H,3-4,7,9H2,1-2H3,(H,20,24)(H,21,23);1H. The van der Waals surface area contributed by atoms with Crippen LogP contribution >= 0.6 is 24.0 Å². The smallest absolute Gasteiger partial charge is 0.270 e. The lowest BCUT2D eigenvalue weighted by atomic mass is 10.0. The zero-order chi connectivity index (χ0) is 19.3. The summed E-state index contributed by atoms with van der Waals surface area (Å²) in [6.45, 7) is 5.12. The molecule has 10 heteroatoms. The van der Waals surface area contributed by atoms with Gasteiger partial charge in [0.2, 0.25) is 5.91 Å². The Morgan fingerprint density at radius 1 is 1.41 bits per heavy atom. The summed E-state index contributed by atoms with van der Waals surface area (Å²) < 4.78 is 0. The van der Waals surface area contributed by atoms with Gasteiger partial charge in [-0.25, -0.2) is 0 Å². The van der Waals surface area contributed by atoms with E-state index in [4.69, 9.17) is 11.6 Å². The second kappa shape index (κ2) is 10.4. The van der Waals surface area contributed by atoms with E-state index in [-0.39, 0.29) is 46.5 Å². The molecule has 2 atom stereocenters. The molecule has 1 aromatic carbocycles. The summed E-state index contributed by atoms with van der Waals surface area (Å²) in [4.78, 5) is 35.1. The van der Waals surface area contributed by atoms with Crippen LogP contribution in [0.15, 0.2) is 18.2 Å². The van der Waals surface area contributed by atoms with Gasteiger partial charge in [0, 0.05) is 24.7 Å². The third kappa shape index (κ3) is 6.34. The van der Waals surface area contributed by atoms with E-state index < -0.39 is 16.9 Å². The van der Waals surface area contributed by atoms with Crippen LogP contribution in [0.5, 0.6) is 0 Å². The van der Waals surface area contributed by atoms with E-state index >= 15 is 0 Å². The first kappa shape index (κ1) is 23.1. The fourth-order valence-electron chi connectivity index (χ4n) is 2.82. The van der Waals surface area contributed by atoms with Crippen LogP contribution < -0.4 is 16.0 Å². The number of amides is 2. The molecule has 0 radical (unpaired) electrons. The molecular weight excluding hydrogens is 395 g/mol. The summed E-state index contributed by atoms with van der Waals surface area (Å²) in [5.74, 6) is -0.940. The lowest BCUT2D eigenvalue weighted by molar-refractivity contribution is -0.384. The highest BCUT2D eigenvalue weighted by atomic mass is 35.5. The van der Waals surface area contributed by atoms with Gasteiger partial charge in [0.15, 0.2) is 0 Å². The second-order valence-corrected chi connectivity index (χ2v) is 7.06. The minimum atomic E-state index is -0.727. The van der Waals surface area contributed by atoms with Gasteiger partial charge in [0.05, 0.1) is 15.5 Å². The van der Waals surface area contributed by atoms with E-state index in [1.165, 1.54) is 12.1 Å². The molecule has 27 heavy (non-hydrogen) atoms. The number of nitro benzene ring substituents is 1. The maximum Gasteiger partial charge on any atom is 0.270 e. The van der Waals surface area contributed by atoms with E-state index in [2.05, 4.69) is 16.0 Å². The Balaban J connectivity index is 0.00000364. The fraction of sp³-hybridized carbons (Fsp3) is 0.529. The molecule has 0 aromatic heterocycles. The van der Waals surface area contributed by atoms with Crippen molar-refractivity contribution in [1.29, 1.82) is 0 Å². The molecule has 1 fully saturated rings. The van der Waals surface area contributed by atoms with E-state index in [1.807, 2.05) is 13.8 Å². The summed E-state index contributed by atoms with van der Waals surface area (Å²) in [7, 11) is 0. The lowest BCUT2D eigenvalue weighted by Gasteiger charge is -2.23. The molecule has 2 amide bonds. The number of nitrogens with zero attached hydrogens (tertiary/aromatic N) is 1. The van der Waals surface area contributed by atoms with Crippen molar-refractivity contribution >= 4 is 41.5 Å². The molecule has 1 aromatic rings. The summed E-state index contributed by atoms with van der Waals surface area (Å²) in [6.07, 6.45) is 2.10. The molecular formula is C17H24Cl2N4O4. The number of hydrogen-bond donors (Lipinski definition) is 3. The summed E-state index contributed by atoms with van der Waals surface area (Å²) >= 11 is 5.98. The molecule has 0 saturated carbocycles. The van der Waals surface area contributed by atoms with Gasteiger partial charge < -0.3 is 16.0 Å². The first-order chi connectivity index (χ1) is 12.3. The van der Waals surface area contributed by atoms with Crippen LogP contribution in [-0.2, 0) is 4.79 Å². The predicted octanol–water partition coefficient (Wildman–Crippen LogP) is 2.29. The number of rotatable bonds is 7. The van der Waals surface area contributed by atoms with Crippen molar-refractivity contribution in [3.63, 3.8) is 0 Å². The van der Waals surface area contributed by atoms with Crippen molar-refractivity contribution in [2.24, 2.45) is 5.92 Å². The van der Waals surface area contributed by atoms with Crippen molar-refractivity contribution in [3.05, 3.63) is 38.9 Å². The van der Waals surface area contributed by atoms with Gasteiger partial charge in [-0.2, -0.15) is 0 Å². The Morgan fingerprint density at radius 3 is 2.63 bits per heavy atom. The van der Waals surface area contributed by atoms with Crippen LogP contribution in [0.3, 0.4) is 0 Å². The molecule has 1 saturated heterocycles. The van der Waals surface area contributed by atoms with Gasteiger partial charge >= 0.3 is 0 Å². The average molecular weight is 419 g/mol. The van der Waals surface area contributed by atoms with Crippen molar-refractivity contribution in [2.75, 3.05) is 13.1 Å². The molecule has 1 aliphatic heterocycles. The zero-order valence-corrected chi connectivity index (χ0v) is 16.7. The number of nitrogens with one attached hydrogen (secondary N) is 3. The van der Waals surface area contributed by atoms with Crippen LogP contribution in [0.25, 0.3) is 0 Å². The van der Waals surface area contributed by atoms with Gasteiger partial charge in [-0.1, -0.05) is 25.4 Å². The van der Waals surface area contributed by atoms with Crippen molar-refractivity contribution < 1.29 is 14.5 Å². The van der Waals surface area contributed by atoms with Crippen molar-refractivity contribution in [3.8, 4) is 0 Å². The molecule has 8 nitrogen and oxygen atoms in total.